The van der Waals surface area contributed by atoms with E-state index in [2.05, 4.69) is 15.3 Å². The van der Waals surface area contributed by atoms with Gasteiger partial charge in [-0.25, -0.2) is 4.98 Å². The first-order valence-electron chi connectivity index (χ1n) is 8.33. The second-order valence-corrected chi connectivity index (χ2v) is 6.93. The molecule has 0 aliphatic carbocycles. The number of benzene rings is 2. The smallest absolute Gasteiger partial charge is 0.251 e. The van der Waals surface area contributed by atoms with Gasteiger partial charge in [0.15, 0.2) is 5.16 Å². The number of aromatic nitrogens is 2. The largest absolute Gasteiger partial charge is 0.457 e. The van der Waals surface area contributed by atoms with Crippen molar-refractivity contribution in [3.63, 3.8) is 0 Å². The number of aryl methyl sites for hydroxylation is 2. The summed E-state index contributed by atoms with van der Waals surface area (Å²) in [5.74, 6) is 1.41. The molecule has 1 heterocycles. The highest BCUT2D eigenvalue weighted by Crippen LogP contribution is 2.23. The third-order valence-corrected chi connectivity index (χ3v) is 4.46. The van der Waals surface area contributed by atoms with Crippen molar-refractivity contribution in [2.45, 2.75) is 19.0 Å². The van der Waals surface area contributed by atoms with E-state index in [0.717, 1.165) is 5.75 Å². The summed E-state index contributed by atoms with van der Waals surface area (Å²) in [4.78, 5) is 30.3. The average Bonchev–Trinajstić information content (AvgIpc) is 2.63. The highest BCUT2D eigenvalue weighted by atomic mass is 32.2. The number of aromatic amines is 1. The van der Waals surface area contributed by atoms with Gasteiger partial charge in [-0.05, 0) is 50.2 Å². The number of amides is 1. The van der Waals surface area contributed by atoms with Gasteiger partial charge in [0.1, 0.15) is 11.5 Å². The van der Waals surface area contributed by atoms with Crippen molar-refractivity contribution in [2.24, 2.45) is 0 Å². The molecule has 0 spiro atoms. The lowest BCUT2D eigenvalue weighted by atomic mass is 10.2. The molecule has 0 fully saturated rings. The maximum Gasteiger partial charge on any atom is 0.251 e. The van der Waals surface area contributed by atoms with Gasteiger partial charge >= 0.3 is 0 Å². The van der Waals surface area contributed by atoms with Crippen molar-refractivity contribution in [1.29, 1.82) is 0 Å². The standard InChI is InChI=1S/C20H19N3O3S/c1-13-3-7-16(8-4-13)26-17-9-5-15(6-10-17)22-19(25)12-27-20-21-14(2)11-18(24)23-20/h3-11H,12H2,1-2H3,(H,22,25)(H,21,23,24). The van der Waals surface area contributed by atoms with E-state index >= 15 is 0 Å². The summed E-state index contributed by atoms with van der Waals surface area (Å²) in [7, 11) is 0. The molecule has 0 atom stereocenters. The van der Waals surface area contributed by atoms with E-state index in [9.17, 15) is 9.59 Å². The molecule has 27 heavy (non-hydrogen) atoms. The lowest BCUT2D eigenvalue weighted by Gasteiger charge is -2.08. The molecular weight excluding hydrogens is 362 g/mol. The molecule has 0 saturated carbocycles. The van der Waals surface area contributed by atoms with Crippen LogP contribution in [0.4, 0.5) is 5.69 Å². The monoisotopic (exact) mass is 381 g/mol. The Morgan fingerprint density at radius 3 is 2.33 bits per heavy atom. The minimum atomic E-state index is -0.227. The molecule has 0 saturated heterocycles. The molecule has 2 aromatic carbocycles. The number of rotatable bonds is 6. The molecule has 3 rings (SSSR count). The molecule has 6 nitrogen and oxygen atoms in total. The van der Waals surface area contributed by atoms with E-state index in [4.69, 9.17) is 4.74 Å². The van der Waals surface area contributed by atoms with E-state index in [1.807, 2.05) is 31.2 Å². The zero-order valence-corrected chi connectivity index (χ0v) is 15.8. The number of thioether (sulfide) groups is 1. The topological polar surface area (TPSA) is 84.1 Å². The van der Waals surface area contributed by atoms with E-state index in [0.29, 0.717) is 22.3 Å². The molecule has 0 aliphatic heterocycles. The number of carbonyl (C=O) groups is 1. The number of hydrogen-bond donors (Lipinski definition) is 2. The van der Waals surface area contributed by atoms with Gasteiger partial charge in [0.25, 0.3) is 5.56 Å². The average molecular weight is 381 g/mol. The number of anilines is 1. The van der Waals surface area contributed by atoms with Crippen molar-refractivity contribution >= 4 is 23.4 Å². The fraction of sp³-hybridized carbons (Fsp3) is 0.150. The summed E-state index contributed by atoms with van der Waals surface area (Å²) < 4.78 is 5.76. The van der Waals surface area contributed by atoms with Gasteiger partial charge in [0.05, 0.1) is 5.75 Å². The Kier molecular flexibility index (Phi) is 5.93. The van der Waals surface area contributed by atoms with Crippen LogP contribution in [0.2, 0.25) is 0 Å². The lowest BCUT2D eigenvalue weighted by molar-refractivity contribution is -0.113. The molecule has 0 bridgehead atoms. The SMILES string of the molecule is Cc1ccc(Oc2ccc(NC(=O)CSc3nc(C)cc(=O)[nH]3)cc2)cc1. The van der Waals surface area contributed by atoms with Gasteiger partial charge in [0, 0.05) is 17.4 Å². The van der Waals surface area contributed by atoms with Crippen molar-refractivity contribution in [3.8, 4) is 11.5 Å². The van der Waals surface area contributed by atoms with Gasteiger partial charge in [-0.2, -0.15) is 0 Å². The highest BCUT2D eigenvalue weighted by Gasteiger charge is 2.06. The number of carbonyl (C=O) groups excluding carboxylic acids is 1. The zero-order chi connectivity index (χ0) is 19.2. The molecule has 138 valence electrons. The maximum atomic E-state index is 12.1. The predicted molar refractivity (Wildman–Crippen MR) is 107 cm³/mol. The Morgan fingerprint density at radius 1 is 1.07 bits per heavy atom. The summed E-state index contributed by atoms with van der Waals surface area (Å²) in [5, 5.41) is 3.23. The summed E-state index contributed by atoms with van der Waals surface area (Å²) in [6.07, 6.45) is 0. The van der Waals surface area contributed by atoms with Crippen LogP contribution in [0, 0.1) is 13.8 Å². The Morgan fingerprint density at radius 2 is 1.70 bits per heavy atom. The second kappa shape index (κ2) is 8.55. The molecule has 3 aromatic rings. The predicted octanol–water partition coefficient (Wildman–Crippen LogP) is 3.91. The Bertz CT molecular complexity index is 983. The van der Waals surface area contributed by atoms with Crippen LogP contribution in [-0.4, -0.2) is 21.6 Å². The normalized spacial score (nSPS) is 10.4. The first-order valence-corrected chi connectivity index (χ1v) is 9.32. The van der Waals surface area contributed by atoms with Gasteiger partial charge in [-0.15, -0.1) is 0 Å². The number of hydrogen-bond acceptors (Lipinski definition) is 5. The van der Waals surface area contributed by atoms with Crippen LogP contribution < -0.4 is 15.6 Å². The summed E-state index contributed by atoms with van der Waals surface area (Å²) in [6, 6.07) is 16.3. The summed E-state index contributed by atoms with van der Waals surface area (Å²) in [5.41, 5.74) is 2.23. The fourth-order valence-electron chi connectivity index (χ4n) is 2.30. The second-order valence-electron chi connectivity index (χ2n) is 5.97. The third kappa shape index (κ3) is 5.72. The van der Waals surface area contributed by atoms with E-state index < -0.39 is 0 Å². The molecule has 7 heteroatoms. The number of H-pyrrole nitrogens is 1. The number of nitrogens with zero attached hydrogens (tertiary/aromatic N) is 1. The molecular formula is C20H19N3O3S. The van der Waals surface area contributed by atoms with Gasteiger partial charge in [-0.3, -0.25) is 9.59 Å². The number of ether oxygens (including phenoxy) is 1. The van der Waals surface area contributed by atoms with Gasteiger partial charge in [-0.1, -0.05) is 29.5 Å². The maximum absolute atomic E-state index is 12.1. The minimum Gasteiger partial charge on any atom is -0.457 e. The highest BCUT2D eigenvalue weighted by molar-refractivity contribution is 7.99. The van der Waals surface area contributed by atoms with Crippen molar-refractivity contribution in [2.75, 3.05) is 11.1 Å². The van der Waals surface area contributed by atoms with E-state index in [-0.39, 0.29) is 17.2 Å². The third-order valence-electron chi connectivity index (χ3n) is 3.58. The van der Waals surface area contributed by atoms with Crippen LogP contribution in [0.3, 0.4) is 0 Å². The van der Waals surface area contributed by atoms with Crippen LogP contribution in [-0.2, 0) is 4.79 Å². The van der Waals surface area contributed by atoms with Gasteiger partial charge < -0.3 is 15.0 Å². The molecule has 0 aliphatic rings. The first-order chi connectivity index (χ1) is 13.0. The van der Waals surface area contributed by atoms with Crippen molar-refractivity contribution in [3.05, 3.63) is 76.2 Å². The van der Waals surface area contributed by atoms with Crippen LogP contribution in [0.1, 0.15) is 11.3 Å². The van der Waals surface area contributed by atoms with Crippen molar-refractivity contribution < 1.29 is 9.53 Å². The van der Waals surface area contributed by atoms with Crippen molar-refractivity contribution in [1.82, 2.24) is 9.97 Å². The van der Waals surface area contributed by atoms with Crippen LogP contribution in [0.25, 0.3) is 0 Å². The Labute approximate surface area is 161 Å². The van der Waals surface area contributed by atoms with Crippen LogP contribution in [0.5, 0.6) is 11.5 Å². The summed E-state index contributed by atoms with van der Waals surface area (Å²) in [6.45, 7) is 3.76. The Balaban J connectivity index is 1.53. The molecule has 2 N–H and O–H groups in total. The summed E-state index contributed by atoms with van der Waals surface area (Å²) >= 11 is 1.18. The quantitative estimate of drug-likeness (QED) is 0.500. The first kappa shape index (κ1) is 18.7. The lowest BCUT2D eigenvalue weighted by Crippen LogP contribution is -2.15. The molecule has 1 amide bonds. The number of nitrogens with one attached hydrogen (secondary N) is 2. The van der Waals surface area contributed by atoms with Gasteiger partial charge in [0.2, 0.25) is 5.91 Å². The molecule has 1 aromatic heterocycles. The molecule has 0 unspecified atom stereocenters. The fourth-order valence-corrected chi connectivity index (χ4v) is 3.02. The Hall–Kier alpha value is -3.06. The van der Waals surface area contributed by atoms with E-state index in [1.165, 1.54) is 23.4 Å². The zero-order valence-electron chi connectivity index (χ0n) is 15.0. The minimum absolute atomic E-state index is 0.147. The van der Waals surface area contributed by atoms with E-state index in [1.54, 1.807) is 31.2 Å². The van der Waals surface area contributed by atoms with Crippen LogP contribution >= 0.6 is 11.8 Å². The van der Waals surface area contributed by atoms with Crippen LogP contribution in [0.15, 0.2) is 64.5 Å². The molecule has 0 radical (unpaired) electrons.